The Morgan fingerprint density at radius 3 is 2.80 bits per heavy atom. The van der Waals surface area contributed by atoms with E-state index in [1.807, 2.05) is 0 Å². The summed E-state index contributed by atoms with van der Waals surface area (Å²) in [5, 5.41) is 14.0. The van der Waals surface area contributed by atoms with Crippen LogP contribution in [0.1, 0.15) is 10.4 Å². The van der Waals surface area contributed by atoms with Crippen LogP contribution in [0, 0.1) is 5.82 Å². The minimum absolute atomic E-state index is 0.129. The normalized spacial score (nSPS) is 11.2. The van der Waals surface area contributed by atoms with Crippen molar-refractivity contribution in [1.29, 1.82) is 0 Å². The maximum absolute atomic E-state index is 13.3. The Labute approximate surface area is 113 Å². The van der Waals surface area contributed by atoms with Gasteiger partial charge in [-0.2, -0.15) is 5.10 Å². The van der Waals surface area contributed by atoms with Gasteiger partial charge in [0, 0.05) is 31.2 Å². The zero-order valence-electron chi connectivity index (χ0n) is 11.0. The van der Waals surface area contributed by atoms with E-state index in [1.54, 1.807) is 30.9 Å². The summed E-state index contributed by atoms with van der Waals surface area (Å²) in [6.07, 6.45) is 3.10. The molecule has 0 aliphatic rings. The van der Waals surface area contributed by atoms with E-state index in [0.29, 0.717) is 11.2 Å². The summed E-state index contributed by atoms with van der Waals surface area (Å²) >= 11 is 0. The summed E-state index contributed by atoms with van der Waals surface area (Å²) in [6.45, 7) is 0. The molecular formula is C14H12FN3O2. The van der Waals surface area contributed by atoms with Crippen molar-refractivity contribution < 1.29 is 14.3 Å². The molecule has 3 rings (SSSR count). The first-order valence-corrected chi connectivity index (χ1v) is 5.99. The number of carboxylic acids is 1. The molecule has 3 aromatic rings. The first-order chi connectivity index (χ1) is 9.49. The van der Waals surface area contributed by atoms with E-state index < -0.39 is 5.97 Å². The van der Waals surface area contributed by atoms with Crippen LogP contribution in [0.25, 0.3) is 22.2 Å². The monoisotopic (exact) mass is 273 g/mol. The number of fused-ring (bicyclic) bond motifs is 1. The van der Waals surface area contributed by atoms with Crippen LogP contribution in [0.15, 0.2) is 30.6 Å². The Morgan fingerprint density at radius 2 is 2.10 bits per heavy atom. The summed E-state index contributed by atoms with van der Waals surface area (Å²) in [7, 11) is 3.48. The number of benzene rings is 1. The zero-order valence-corrected chi connectivity index (χ0v) is 11.0. The summed E-state index contributed by atoms with van der Waals surface area (Å²) < 4.78 is 16.6. The van der Waals surface area contributed by atoms with Gasteiger partial charge in [-0.1, -0.05) is 0 Å². The van der Waals surface area contributed by atoms with E-state index in [1.165, 1.54) is 23.0 Å². The number of aryl methyl sites for hydroxylation is 2. The number of aromatic nitrogens is 3. The standard InChI is InChI=1S/C14H12FN3O2/c1-17-7-11(9-4-3-8(15)5-12(9)17)13-10(14(19)20)6-16-18(13)2/h3-7H,1-2H3,(H,19,20). The van der Waals surface area contributed by atoms with Crippen LogP contribution in [-0.2, 0) is 14.1 Å². The van der Waals surface area contributed by atoms with Crippen LogP contribution in [-0.4, -0.2) is 25.4 Å². The lowest BCUT2D eigenvalue weighted by Gasteiger charge is -2.02. The molecule has 0 fully saturated rings. The number of carboxylic acid groups (broad SMARTS) is 1. The van der Waals surface area contributed by atoms with Crippen molar-refractivity contribution in [3.05, 3.63) is 42.0 Å². The number of aromatic carboxylic acids is 1. The molecule has 2 aromatic heterocycles. The highest BCUT2D eigenvalue weighted by molar-refractivity contribution is 6.02. The van der Waals surface area contributed by atoms with E-state index >= 15 is 0 Å². The van der Waals surface area contributed by atoms with Gasteiger partial charge in [0.1, 0.15) is 11.4 Å². The van der Waals surface area contributed by atoms with Gasteiger partial charge in [0.15, 0.2) is 0 Å². The first-order valence-electron chi connectivity index (χ1n) is 5.99. The van der Waals surface area contributed by atoms with E-state index in [4.69, 9.17) is 0 Å². The van der Waals surface area contributed by atoms with Crippen LogP contribution in [0.5, 0.6) is 0 Å². The van der Waals surface area contributed by atoms with Gasteiger partial charge >= 0.3 is 5.97 Å². The third-order valence-electron chi connectivity index (χ3n) is 3.38. The minimum Gasteiger partial charge on any atom is -0.478 e. The van der Waals surface area contributed by atoms with Gasteiger partial charge in [-0.3, -0.25) is 4.68 Å². The lowest BCUT2D eigenvalue weighted by atomic mass is 10.1. The first kappa shape index (κ1) is 12.4. The average Bonchev–Trinajstić information content (AvgIpc) is 2.91. The SMILES string of the molecule is Cn1ncc(C(=O)O)c1-c1cn(C)c2cc(F)ccc12. The summed E-state index contributed by atoms with van der Waals surface area (Å²) in [5.41, 5.74) is 2.07. The number of rotatable bonds is 2. The second-order valence-corrected chi connectivity index (χ2v) is 4.65. The highest BCUT2D eigenvalue weighted by Crippen LogP contribution is 2.32. The zero-order chi connectivity index (χ0) is 14.4. The van der Waals surface area contributed by atoms with Crippen molar-refractivity contribution >= 4 is 16.9 Å². The van der Waals surface area contributed by atoms with Gasteiger partial charge in [-0.15, -0.1) is 0 Å². The maximum atomic E-state index is 13.3. The molecule has 0 saturated heterocycles. The highest BCUT2D eigenvalue weighted by atomic mass is 19.1. The van der Waals surface area contributed by atoms with Gasteiger partial charge in [0.2, 0.25) is 0 Å². The Kier molecular flexibility index (Phi) is 2.60. The second-order valence-electron chi connectivity index (χ2n) is 4.65. The molecule has 0 saturated carbocycles. The van der Waals surface area contributed by atoms with Crippen LogP contribution < -0.4 is 0 Å². The maximum Gasteiger partial charge on any atom is 0.339 e. The van der Waals surface area contributed by atoms with E-state index in [2.05, 4.69) is 5.10 Å². The molecule has 6 heteroatoms. The summed E-state index contributed by atoms with van der Waals surface area (Å²) in [6, 6.07) is 4.44. The number of nitrogens with zero attached hydrogens (tertiary/aromatic N) is 3. The fraction of sp³-hybridized carbons (Fsp3) is 0.143. The molecule has 0 atom stereocenters. The largest absolute Gasteiger partial charge is 0.478 e. The van der Waals surface area contributed by atoms with Crippen molar-refractivity contribution in [3.8, 4) is 11.3 Å². The van der Waals surface area contributed by atoms with E-state index in [9.17, 15) is 14.3 Å². The predicted molar refractivity (Wildman–Crippen MR) is 72.0 cm³/mol. The van der Waals surface area contributed by atoms with Gasteiger partial charge in [0.05, 0.1) is 17.4 Å². The van der Waals surface area contributed by atoms with Gasteiger partial charge < -0.3 is 9.67 Å². The quantitative estimate of drug-likeness (QED) is 0.780. The van der Waals surface area contributed by atoms with Crippen molar-refractivity contribution in [2.24, 2.45) is 14.1 Å². The Bertz CT molecular complexity index is 832. The second kappa shape index (κ2) is 4.19. The molecule has 0 bridgehead atoms. The fourth-order valence-electron chi connectivity index (χ4n) is 2.46. The third-order valence-corrected chi connectivity index (χ3v) is 3.38. The molecule has 2 heterocycles. The van der Waals surface area contributed by atoms with Gasteiger partial charge in [-0.05, 0) is 18.2 Å². The smallest absolute Gasteiger partial charge is 0.339 e. The molecule has 0 aliphatic heterocycles. The Morgan fingerprint density at radius 1 is 1.35 bits per heavy atom. The van der Waals surface area contributed by atoms with Crippen LogP contribution in [0.4, 0.5) is 4.39 Å². The van der Waals surface area contributed by atoms with Crippen LogP contribution >= 0.6 is 0 Å². The molecule has 0 aliphatic carbocycles. The topological polar surface area (TPSA) is 60.1 Å². The molecule has 1 aromatic carbocycles. The molecule has 1 N–H and O–H groups in total. The summed E-state index contributed by atoms with van der Waals surface area (Å²) in [5.74, 6) is -1.36. The summed E-state index contributed by atoms with van der Waals surface area (Å²) in [4.78, 5) is 11.3. The average molecular weight is 273 g/mol. The molecule has 0 spiro atoms. The Balaban J connectivity index is 2.36. The van der Waals surface area contributed by atoms with E-state index in [0.717, 1.165) is 10.9 Å². The van der Waals surface area contributed by atoms with Crippen LogP contribution in [0.3, 0.4) is 0 Å². The van der Waals surface area contributed by atoms with Crippen molar-refractivity contribution in [1.82, 2.24) is 14.3 Å². The Hall–Kier alpha value is -2.63. The highest BCUT2D eigenvalue weighted by Gasteiger charge is 2.20. The number of hydrogen-bond acceptors (Lipinski definition) is 2. The van der Waals surface area contributed by atoms with Gasteiger partial charge in [-0.25, -0.2) is 9.18 Å². The lowest BCUT2D eigenvalue weighted by molar-refractivity contribution is 0.0697. The van der Waals surface area contributed by atoms with Crippen LogP contribution in [0.2, 0.25) is 0 Å². The molecule has 0 unspecified atom stereocenters. The number of halogens is 1. The molecule has 20 heavy (non-hydrogen) atoms. The van der Waals surface area contributed by atoms with E-state index in [-0.39, 0.29) is 11.4 Å². The number of carbonyl (C=O) groups is 1. The number of hydrogen-bond donors (Lipinski definition) is 1. The molecule has 102 valence electrons. The minimum atomic E-state index is -1.03. The lowest BCUT2D eigenvalue weighted by Crippen LogP contribution is -2.00. The molecule has 5 nitrogen and oxygen atoms in total. The fourth-order valence-corrected chi connectivity index (χ4v) is 2.46. The molecule has 0 amide bonds. The predicted octanol–water partition coefficient (Wildman–Crippen LogP) is 2.42. The third kappa shape index (κ3) is 1.69. The van der Waals surface area contributed by atoms with Gasteiger partial charge in [0.25, 0.3) is 0 Å². The molecular weight excluding hydrogens is 261 g/mol. The molecule has 0 radical (unpaired) electrons. The van der Waals surface area contributed by atoms with Crippen molar-refractivity contribution in [2.45, 2.75) is 0 Å². The van der Waals surface area contributed by atoms with Crippen molar-refractivity contribution in [3.63, 3.8) is 0 Å². The van der Waals surface area contributed by atoms with Crippen molar-refractivity contribution in [2.75, 3.05) is 0 Å².